The van der Waals surface area contributed by atoms with Gasteiger partial charge in [-0.1, -0.05) is 12.1 Å². The van der Waals surface area contributed by atoms with E-state index >= 15 is 0 Å². The summed E-state index contributed by atoms with van der Waals surface area (Å²) in [6.07, 6.45) is 2.57. The van der Waals surface area contributed by atoms with Crippen molar-refractivity contribution in [3.05, 3.63) is 48.3 Å². The Balaban J connectivity index is 2.26. The van der Waals surface area contributed by atoms with Gasteiger partial charge >= 0.3 is 5.97 Å². The molecule has 0 aliphatic carbocycles. The number of aromatic nitrogens is 2. The lowest BCUT2D eigenvalue weighted by atomic mass is 10.1. The van der Waals surface area contributed by atoms with E-state index in [1.165, 1.54) is 7.11 Å². The number of rotatable bonds is 4. The molecule has 0 radical (unpaired) electrons. The molecular weight excluding hydrogens is 220 g/mol. The third kappa shape index (κ3) is 2.34. The molecule has 0 bridgehead atoms. The summed E-state index contributed by atoms with van der Waals surface area (Å²) in [5, 5.41) is 13.0. The molecule has 0 aliphatic rings. The summed E-state index contributed by atoms with van der Waals surface area (Å²) in [7, 11) is 1.38. The first kappa shape index (κ1) is 11.3. The Morgan fingerprint density at radius 2 is 2.12 bits per heavy atom. The zero-order chi connectivity index (χ0) is 12.3. The van der Waals surface area contributed by atoms with Crippen molar-refractivity contribution in [1.82, 2.24) is 9.78 Å². The van der Waals surface area contributed by atoms with Crippen LogP contribution in [-0.2, 0) is 9.53 Å². The molecule has 1 atom stereocenters. The zero-order valence-corrected chi connectivity index (χ0v) is 9.28. The maximum Gasteiger partial charge on any atom is 0.337 e. The fraction of sp³-hybridized carbons (Fsp3) is 0.167. The molecule has 1 aromatic heterocycles. The molecule has 5 heteroatoms. The highest BCUT2D eigenvalue weighted by atomic mass is 16.5. The fourth-order valence-electron chi connectivity index (χ4n) is 1.60. The van der Waals surface area contributed by atoms with Gasteiger partial charge in [0.2, 0.25) is 0 Å². The van der Waals surface area contributed by atoms with E-state index in [1.807, 2.05) is 12.3 Å². The maximum absolute atomic E-state index is 10.9. The van der Waals surface area contributed by atoms with Gasteiger partial charge in [0.05, 0.1) is 5.69 Å². The number of ether oxygens (including phenoxy) is 1. The molecule has 88 valence electrons. The van der Waals surface area contributed by atoms with E-state index in [2.05, 4.69) is 5.10 Å². The molecule has 1 heterocycles. The van der Waals surface area contributed by atoms with Crippen LogP contribution >= 0.6 is 0 Å². The molecule has 0 spiro atoms. The van der Waals surface area contributed by atoms with Crippen LogP contribution in [0.1, 0.15) is 11.7 Å². The maximum atomic E-state index is 10.9. The van der Waals surface area contributed by atoms with Crippen LogP contribution in [0, 0.1) is 0 Å². The SMILES string of the molecule is CO[C@@H](C(=O)O)c1ccc(-n2cccn2)cc1. The van der Waals surface area contributed by atoms with Crippen molar-refractivity contribution >= 4 is 5.97 Å². The van der Waals surface area contributed by atoms with Crippen LogP contribution in [0.15, 0.2) is 42.7 Å². The Morgan fingerprint density at radius 3 is 2.59 bits per heavy atom. The minimum atomic E-state index is -1.00. The molecule has 1 aromatic carbocycles. The molecular formula is C12H12N2O3. The average Bonchev–Trinajstić information content (AvgIpc) is 2.84. The topological polar surface area (TPSA) is 64.3 Å². The normalized spacial score (nSPS) is 12.3. The lowest BCUT2D eigenvalue weighted by Crippen LogP contribution is -2.13. The van der Waals surface area contributed by atoms with Crippen LogP contribution in [0.2, 0.25) is 0 Å². The van der Waals surface area contributed by atoms with Gasteiger partial charge in [0.1, 0.15) is 0 Å². The lowest BCUT2D eigenvalue weighted by molar-refractivity contribution is -0.148. The average molecular weight is 232 g/mol. The Morgan fingerprint density at radius 1 is 1.41 bits per heavy atom. The second-order valence-corrected chi connectivity index (χ2v) is 3.50. The smallest absolute Gasteiger partial charge is 0.337 e. The summed E-state index contributed by atoms with van der Waals surface area (Å²) >= 11 is 0. The van der Waals surface area contributed by atoms with Crippen molar-refractivity contribution in [1.29, 1.82) is 0 Å². The number of hydrogen-bond acceptors (Lipinski definition) is 3. The molecule has 0 saturated carbocycles. The summed E-state index contributed by atoms with van der Waals surface area (Å²) < 4.78 is 6.61. The molecule has 0 aliphatic heterocycles. The summed E-state index contributed by atoms with van der Waals surface area (Å²) in [4.78, 5) is 10.9. The predicted molar refractivity (Wildman–Crippen MR) is 60.9 cm³/mol. The first-order chi connectivity index (χ1) is 8.22. The third-order valence-corrected chi connectivity index (χ3v) is 2.42. The highest BCUT2D eigenvalue weighted by Crippen LogP contribution is 2.18. The standard InChI is InChI=1S/C12H12N2O3/c1-17-11(12(15)16)9-3-5-10(6-4-9)14-8-2-7-13-14/h2-8,11H,1H3,(H,15,16)/t11-/m1/s1. The van der Waals surface area contributed by atoms with E-state index in [9.17, 15) is 4.79 Å². The van der Waals surface area contributed by atoms with Gasteiger partial charge < -0.3 is 9.84 Å². The lowest BCUT2D eigenvalue weighted by Gasteiger charge is -2.11. The Bertz CT molecular complexity index is 491. The molecule has 0 saturated heterocycles. The number of aliphatic carboxylic acids is 1. The van der Waals surface area contributed by atoms with Crippen molar-refractivity contribution in [2.75, 3.05) is 7.11 Å². The number of benzene rings is 1. The third-order valence-electron chi connectivity index (χ3n) is 2.42. The Hall–Kier alpha value is -2.14. The second-order valence-electron chi connectivity index (χ2n) is 3.50. The highest BCUT2D eigenvalue weighted by molar-refractivity contribution is 5.74. The van der Waals surface area contributed by atoms with Gasteiger partial charge in [-0.15, -0.1) is 0 Å². The van der Waals surface area contributed by atoms with E-state index < -0.39 is 12.1 Å². The van der Waals surface area contributed by atoms with E-state index in [0.717, 1.165) is 5.69 Å². The number of carboxylic acid groups (broad SMARTS) is 1. The molecule has 0 amide bonds. The molecule has 5 nitrogen and oxygen atoms in total. The second kappa shape index (κ2) is 4.80. The summed E-state index contributed by atoms with van der Waals surface area (Å²) in [5.74, 6) is -1.00. The van der Waals surface area contributed by atoms with Crippen molar-refractivity contribution in [2.24, 2.45) is 0 Å². The molecule has 1 N–H and O–H groups in total. The number of carboxylic acids is 1. The summed E-state index contributed by atoms with van der Waals surface area (Å²) in [6.45, 7) is 0. The highest BCUT2D eigenvalue weighted by Gasteiger charge is 2.18. The van der Waals surface area contributed by atoms with Gasteiger partial charge in [0.15, 0.2) is 6.10 Å². The summed E-state index contributed by atoms with van der Waals surface area (Å²) in [5.41, 5.74) is 1.48. The summed E-state index contributed by atoms with van der Waals surface area (Å²) in [6, 6.07) is 8.87. The van der Waals surface area contributed by atoms with Gasteiger partial charge in [0, 0.05) is 19.5 Å². The van der Waals surface area contributed by atoms with Gasteiger partial charge in [0.25, 0.3) is 0 Å². The largest absolute Gasteiger partial charge is 0.479 e. The number of methoxy groups -OCH3 is 1. The van der Waals surface area contributed by atoms with Crippen LogP contribution in [0.3, 0.4) is 0 Å². The molecule has 2 rings (SSSR count). The van der Waals surface area contributed by atoms with Crippen LogP contribution in [-0.4, -0.2) is 28.0 Å². The molecule has 17 heavy (non-hydrogen) atoms. The van der Waals surface area contributed by atoms with Gasteiger partial charge in [-0.3, -0.25) is 0 Å². The van der Waals surface area contributed by atoms with Crippen molar-refractivity contribution in [3.8, 4) is 5.69 Å². The zero-order valence-electron chi connectivity index (χ0n) is 9.28. The van der Waals surface area contributed by atoms with E-state index in [1.54, 1.807) is 35.1 Å². The van der Waals surface area contributed by atoms with Crippen LogP contribution in [0.25, 0.3) is 5.69 Å². The minimum absolute atomic E-state index is 0.607. The molecule has 0 fully saturated rings. The van der Waals surface area contributed by atoms with Gasteiger partial charge in [-0.05, 0) is 23.8 Å². The van der Waals surface area contributed by atoms with E-state index in [4.69, 9.17) is 9.84 Å². The monoisotopic (exact) mass is 232 g/mol. The van der Waals surface area contributed by atoms with Crippen LogP contribution < -0.4 is 0 Å². The minimum Gasteiger partial charge on any atom is -0.479 e. The molecule has 2 aromatic rings. The van der Waals surface area contributed by atoms with Gasteiger partial charge in [-0.25, -0.2) is 9.48 Å². The first-order valence-electron chi connectivity index (χ1n) is 5.08. The van der Waals surface area contributed by atoms with Gasteiger partial charge in [-0.2, -0.15) is 5.10 Å². The first-order valence-corrected chi connectivity index (χ1v) is 5.08. The van der Waals surface area contributed by atoms with E-state index in [-0.39, 0.29) is 0 Å². The molecule has 0 unspecified atom stereocenters. The van der Waals surface area contributed by atoms with Crippen LogP contribution in [0.5, 0.6) is 0 Å². The number of nitrogens with zero attached hydrogens (tertiary/aromatic N) is 2. The number of hydrogen-bond donors (Lipinski definition) is 1. The predicted octanol–water partition coefficient (Wildman–Crippen LogP) is 1.64. The Kier molecular flexibility index (Phi) is 3.20. The van der Waals surface area contributed by atoms with Crippen molar-refractivity contribution in [2.45, 2.75) is 6.10 Å². The quantitative estimate of drug-likeness (QED) is 0.870. The van der Waals surface area contributed by atoms with Crippen molar-refractivity contribution in [3.63, 3.8) is 0 Å². The van der Waals surface area contributed by atoms with Crippen LogP contribution in [0.4, 0.5) is 0 Å². The van der Waals surface area contributed by atoms with Crippen molar-refractivity contribution < 1.29 is 14.6 Å². The number of carbonyl (C=O) groups is 1. The fourth-order valence-corrected chi connectivity index (χ4v) is 1.60. The van der Waals surface area contributed by atoms with E-state index in [0.29, 0.717) is 5.56 Å². The Labute approximate surface area is 98.3 Å².